The Morgan fingerprint density at radius 3 is 2.79 bits per heavy atom. The van der Waals surface area contributed by atoms with Crippen LogP contribution >= 0.6 is 35.3 Å². The lowest BCUT2D eigenvalue weighted by molar-refractivity contribution is 0.539. The fraction of sp³-hybridized carbons (Fsp3) is 0.714. The van der Waals surface area contributed by atoms with Crippen molar-refractivity contribution in [1.29, 1.82) is 0 Å². The van der Waals surface area contributed by atoms with Gasteiger partial charge in [-0.05, 0) is 25.7 Å². The van der Waals surface area contributed by atoms with Crippen LogP contribution in [0.1, 0.15) is 55.1 Å². The number of rotatable bonds is 3. The Hall–Kier alpha value is -0.130. The first kappa shape index (κ1) is 13.8. The normalized spacial score (nSPS) is 20.3. The molecule has 1 aromatic rings. The van der Waals surface area contributed by atoms with E-state index in [4.69, 9.17) is 17.2 Å². The standard InChI is InChI=1S/C14H20N2S3/c17-14(16-7-3-4-8-16)19-10-12-9-18-13(15-12)11-5-1-2-6-11/h9,11H,1-8,10H2. The first-order chi connectivity index (χ1) is 9.33. The second kappa shape index (κ2) is 6.55. The summed E-state index contributed by atoms with van der Waals surface area (Å²) in [7, 11) is 0. The zero-order chi connectivity index (χ0) is 13.1. The van der Waals surface area contributed by atoms with E-state index in [1.54, 1.807) is 11.8 Å². The Morgan fingerprint density at radius 1 is 1.32 bits per heavy atom. The highest BCUT2D eigenvalue weighted by Crippen LogP contribution is 2.36. The molecule has 1 aliphatic carbocycles. The van der Waals surface area contributed by atoms with Gasteiger partial charge in [-0.1, -0.05) is 36.8 Å². The van der Waals surface area contributed by atoms with E-state index in [1.165, 1.54) is 49.2 Å². The van der Waals surface area contributed by atoms with Gasteiger partial charge in [0.05, 0.1) is 10.7 Å². The van der Waals surface area contributed by atoms with Gasteiger partial charge in [0.15, 0.2) is 0 Å². The highest BCUT2D eigenvalue weighted by Gasteiger charge is 2.20. The molecule has 1 saturated carbocycles. The summed E-state index contributed by atoms with van der Waals surface area (Å²) < 4.78 is 1.06. The number of aromatic nitrogens is 1. The van der Waals surface area contributed by atoms with Crippen molar-refractivity contribution < 1.29 is 0 Å². The Kier molecular flexibility index (Phi) is 4.77. The average Bonchev–Trinajstić information content (AvgIpc) is 3.14. The van der Waals surface area contributed by atoms with Gasteiger partial charge >= 0.3 is 0 Å². The summed E-state index contributed by atoms with van der Waals surface area (Å²) >= 11 is 9.13. The predicted octanol–water partition coefficient (Wildman–Crippen LogP) is 4.41. The third kappa shape index (κ3) is 3.50. The van der Waals surface area contributed by atoms with Gasteiger partial charge in [-0.3, -0.25) is 0 Å². The van der Waals surface area contributed by atoms with Crippen molar-refractivity contribution in [3.05, 3.63) is 16.1 Å². The molecule has 2 heterocycles. The lowest BCUT2D eigenvalue weighted by atomic mass is 10.1. The van der Waals surface area contributed by atoms with Crippen molar-refractivity contribution in [3.8, 4) is 0 Å². The number of hydrogen-bond donors (Lipinski definition) is 0. The van der Waals surface area contributed by atoms with E-state index in [-0.39, 0.29) is 0 Å². The van der Waals surface area contributed by atoms with Crippen LogP contribution in [0.3, 0.4) is 0 Å². The smallest absolute Gasteiger partial charge is 0.136 e. The highest BCUT2D eigenvalue weighted by molar-refractivity contribution is 8.22. The first-order valence-corrected chi connectivity index (χ1v) is 9.46. The molecular weight excluding hydrogens is 292 g/mol. The van der Waals surface area contributed by atoms with Crippen LogP contribution < -0.4 is 0 Å². The summed E-state index contributed by atoms with van der Waals surface area (Å²) in [5.41, 5.74) is 1.22. The number of likely N-dealkylation sites (tertiary alicyclic amines) is 1. The molecule has 1 saturated heterocycles. The molecule has 2 fully saturated rings. The van der Waals surface area contributed by atoms with Crippen molar-refractivity contribution in [2.45, 2.75) is 50.2 Å². The van der Waals surface area contributed by atoms with Gasteiger partial charge in [0, 0.05) is 30.1 Å². The lowest BCUT2D eigenvalue weighted by Crippen LogP contribution is -2.23. The minimum Gasteiger partial charge on any atom is -0.358 e. The highest BCUT2D eigenvalue weighted by atomic mass is 32.2. The first-order valence-electron chi connectivity index (χ1n) is 7.19. The fourth-order valence-corrected chi connectivity index (χ4v) is 5.12. The number of thiocarbonyl (C=S) groups is 1. The maximum Gasteiger partial charge on any atom is 0.136 e. The van der Waals surface area contributed by atoms with Crippen LogP contribution in [0.25, 0.3) is 0 Å². The number of thiazole rings is 1. The third-order valence-electron chi connectivity index (χ3n) is 3.98. The van der Waals surface area contributed by atoms with Crippen molar-refractivity contribution in [1.82, 2.24) is 9.88 Å². The fourth-order valence-electron chi connectivity index (χ4n) is 2.88. The Bertz CT molecular complexity index is 432. The predicted molar refractivity (Wildman–Crippen MR) is 88.0 cm³/mol. The summed E-state index contributed by atoms with van der Waals surface area (Å²) in [6, 6.07) is 0. The average molecular weight is 313 g/mol. The Morgan fingerprint density at radius 2 is 2.05 bits per heavy atom. The molecule has 19 heavy (non-hydrogen) atoms. The molecule has 2 nitrogen and oxygen atoms in total. The molecule has 1 aromatic heterocycles. The van der Waals surface area contributed by atoms with E-state index in [1.807, 2.05) is 11.3 Å². The van der Waals surface area contributed by atoms with E-state index in [0.717, 1.165) is 29.1 Å². The zero-order valence-electron chi connectivity index (χ0n) is 11.1. The molecule has 2 aliphatic rings. The van der Waals surface area contributed by atoms with Crippen LogP contribution in [0.5, 0.6) is 0 Å². The quantitative estimate of drug-likeness (QED) is 0.768. The third-order valence-corrected chi connectivity index (χ3v) is 6.59. The molecule has 0 spiro atoms. The van der Waals surface area contributed by atoms with E-state index < -0.39 is 0 Å². The number of hydrogen-bond acceptors (Lipinski definition) is 4. The topological polar surface area (TPSA) is 16.1 Å². The maximum atomic E-state index is 5.49. The van der Waals surface area contributed by atoms with Gasteiger partial charge in [0.25, 0.3) is 0 Å². The van der Waals surface area contributed by atoms with Gasteiger partial charge in [-0.25, -0.2) is 4.98 Å². The number of thioether (sulfide) groups is 1. The summed E-state index contributed by atoms with van der Waals surface area (Å²) in [5, 5.41) is 3.59. The second-order valence-electron chi connectivity index (χ2n) is 5.41. The molecule has 0 N–H and O–H groups in total. The molecule has 0 aromatic carbocycles. The number of nitrogens with zero attached hydrogens (tertiary/aromatic N) is 2. The van der Waals surface area contributed by atoms with Gasteiger partial charge < -0.3 is 4.90 Å². The Labute approximate surface area is 129 Å². The van der Waals surface area contributed by atoms with Crippen LogP contribution in [0.2, 0.25) is 0 Å². The van der Waals surface area contributed by atoms with Crippen molar-refractivity contribution in [2.75, 3.05) is 13.1 Å². The largest absolute Gasteiger partial charge is 0.358 e. The minimum atomic E-state index is 0.745. The van der Waals surface area contributed by atoms with Crippen molar-refractivity contribution in [2.24, 2.45) is 0 Å². The summed E-state index contributed by atoms with van der Waals surface area (Å²) in [4.78, 5) is 7.15. The molecule has 0 unspecified atom stereocenters. The molecule has 0 amide bonds. The summed E-state index contributed by atoms with van der Waals surface area (Å²) in [5.74, 6) is 1.69. The molecule has 0 atom stereocenters. The second-order valence-corrected chi connectivity index (χ2v) is 7.91. The van der Waals surface area contributed by atoms with Crippen molar-refractivity contribution in [3.63, 3.8) is 0 Å². The molecular formula is C14H20N2S3. The van der Waals surface area contributed by atoms with Crippen LogP contribution in [0.4, 0.5) is 0 Å². The molecule has 3 rings (SSSR count). The van der Waals surface area contributed by atoms with Crippen LogP contribution in [0.15, 0.2) is 5.38 Å². The van der Waals surface area contributed by atoms with E-state index in [2.05, 4.69) is 10.3 Å². The van der Waals surface area contributed by atoms with Crippen LogP contribution in [-0.4, -0.2) is 27.3 Å². The van der Waals surface area contributed by atoms with E-state index in [9.17, 15) is 0 Å². The molecule has 5 heteroatoms. The van der Waals surface area contributed by atoms with Gasteiger partial charge in [-0.15, -0.1) is 11.3 Å². The molecule has 0 radical (unpaired) electrons. The summed E-state index contributed by atoms with van der Waals surface area (Å²) in [6.45, 7) is 2.30. The van der Waals surface area contributed by atoms with Crippen LogP contribution in [-0.2, 0) is 5.75 Å². The van der Waals surface area contributed by atoms with Gasteiger partial charge in [0.1, 0.15) is 4.32 Å². The van der Waals surface area contributed by atoms with Gasteiger partial charge in [-0.2, -0.15) is 0 Å². The lowest BCUT2D eigenvalue weighted by Gasteiger charge is -2.16. The van der Waals surface area contributed by atoms with Crippen LogP contribution in [0, 0.1) is 0 Å². The Balaban J connectivity index is 1.51. The monoisotopic (exact) mass is 312 g/mol. The van der Waals surface area contributed by atoms with Gasteiger partial charge in [0.2, 0.25) is 0 Å². The zero-order valence-corrected chi connectivity index (χ0v) is 13.6. The maximum absolute atomic E-state index is 5.49. The summed E-state index contributed by atoms with van der Waals surface area (Å²) in [6.07, 6.45) is 8.03. The SMILES string of the molecule is S=C(SCc1csc(C2CCCC2)n1)N1CCCC1. The molecule has 0 bridgehead atoms. The van der Waals surface area contributed by atoms with E-state index >= 15 is 0 Å². The molecule has 1 aliphatic heterocycles. The van der Waals surface area contributed by atoms with Crippen molar-refractivity contribution >= 4 is 39.6 Å². The minimum absolute atomic E-state index is 0.745. The van der Waals surface area contributed by atoms with E-state index in [0.29, 0.717) is 0 Å². The molecule has 104 valence electrons.